The zero-order valence-corrected chi connectivity index (χ0v) is 11.7. The number of hydrogen-bond donors (Lipinski definition) is 0. The van der Waals surface area contributed by atoms with Gasteiger partial charge in [-0.1, -0.05) is 18.2 Å². The van der Waals surface area contributed by atoms with Gasteiger partial charge in [0.2, 0.25) is 0 Å². The van der Waals surface area contributed by atoms with Crippen molar-refractivity contribution in [3.8, 4) is 5.75 Å². The lowest BCUT2D eigenvalue weighted by Gasteiger charge is -2.35. The number of benzene rings is 1. The fourth-order valence-electron chi connectivity index (χ4n) is 2.75. The summed E-state index contributed by atoms with van der Waals surface area (Å²) in [5.41, 5.74) is 1.30. The Bertz CT molecular complexity index is 588. The van der Waals surface area contributed by atoms with Crippen molar-refractivity contribution in [3.05, 3.63) is 60.7 Å². The van der Waals surface area contributed by atoms with Gasteiger partial charge in [0.1, 0.15) is 11.6 Å². The second-order valence-corrected chi connectivity index (χ2v) is 5.00. The predicted octanol–water partition coefficient (Wildman–Crippen LogP) is 2.63. The second-order valence-electron chi connectivity index (χ2n) is 5.00. The lowest BCUT2D eigenvalue weighted by Crippen LogP contribution is -2.37. The van der Waals surface area contributed by atoms with E-state index in [1.165, 1.54) is 5.56 Å². The summed E-state index contributed by atoms with van der Waals surface area (Å²) in [4.78, 5) is 6.81. The van der Waals surface area contributed by atoms with E-state index in [9.17, 15) is 0 Å². The Morgan fingerprint density at radius 1 is 1.40 bits per heavy atom. The summed E-state index contributed by atoms with van der Waals surface area (Å²) in [5.74, 6) is 2.01. The van der Waals surface area contributed by atoms with Gasteiger partial charge in [0.15, 0.2) is 0 Å². The molecule has 1 atom stereocenters. The van der Waals surface area contributed by atoms with Crippen LogP contribution in [0.15, 0.2) is 49.3 Å². The van der Waals surface area contributed by atoms with Crippen molar-refractivity contribution in [1.29, 1.82) is 0 Å². The molecule has 2 heterocycles. The largest absolute Gasteiger partial charge is 0.497 e. The monoisotopic (exact) mass is 269 g/mol. The topological polar surface area (TPSA) is 30.3 Å². The summed E-state index contributed by atoms with van der Waals surface area (Å²) in [5, 5.41) is 0. The van der Waals surface area contributed by atoms with Gasteiger partial charge in [-0.15, -0.1) is 6.58 Å². The quantitative estimate of drug-likeness (QED) is 0.799. The van der Waals surface area contributed by atoms with Gasteiger partial charge in [0.25, 0.3) is 0 Å². The first kappa shape index (κ1) is 12.9. The number of rotatable bonds is 4. The summed E-state index contributed by atoms with van der Waals surface area (Å²) in [6.45, 7) is 6.51. The molecule has 1 aromatic carbocycles. The molecule has 4 heteroatoms. The highest BCUT2D eigenvalue weighted by Crippen LogP contribution is 2.29. The highest BCUT2D eigenvalue weighted by Gasteiger charge is 2.26. The molecule has 1 aromatic heterocycles. The molecular formula is C16H19N3O. The van der Waals surface area contributed by atoms with E-state index in [1.807, 2.05) is 24.4 Å². The Kier molecular flexibility index (Phi) is 3.56. The van der Waals surface area contributed by atoms with E-state index < -0.39 is 0 Å². The molecule has 2 aromatic rings. The number of ether oxygens (including phenoxy) is 1. The Morgan fingerprint density at radius 3 is 2.90 bits per heavy atom. The zero-order chi connectivity index (χ0) is 13.9. The van der Waals surface area contributed by atoms with E-state index in [0.717, 1.165) is 31.2 Å². The third-order valence-corrected chi connectivity index (χ3v) is 3.82. The molecule has 4 nitrogen and oxygen atoms in total. The zero-order valence-electron chi connectivity index (χ0n) is 11.7. The van der Waals surface area contributed by atoms with Crippen molar-refractivity contribution in [2.24, 2.45) is 0 Å². The van der Waals surface area contributed by atoms with Gasteiger partial charge in [0, 0.05) is 25.5 Å². The van der Waals surface area contributed by atoms with Gasteiger partial charge in [-0.05, 0) is 17.7 Å². The van der Waals surface area contributed by atoms with Crippen LogP contribution in [0.25, 0.3) is 0 Å². The van der Waals surface area contributed by atoms with Crippen LogP contribution >= 0.6 is 0 Å². The molecule has 20 heavy (non-hydrogen) atoms. The molecule has 0 bridgehead atoms. The summed E-state index contributed by atoms with van der Waals surface area (Å²) < 4.78 is 7.46. The van der Waals surface area contributed by atoms with Gasteiger partial charge >= 0.3 is 0 Å². The maximum Gasteiger partial charge on any atom is 0.122 e. The molecule has 1 aliphatic rings. The van der Waals surface area contributed by atoms with Crippen LogP contribution in [0, 0.1) is 0 Å². The number of aromatic nitrogens is 2. The van der Waals surface area contributed by atoms with Crippen molar-refractivity contribution in [3.63, 3.8) is 0 Å². The maximum absolute atomic E-state index is 5.23. The van der Waals surface area contributed by atoms with E-state index in [0.29, 0.717) is 6.04 Å². The normalized spacial score (nSPS) is 18.6. The minimum Gasteiger partial charge on any atom is -0.497 e. The van der Waals surface area contributed by atoms with Crippen LogP contribution in [-0.4, -0.2) is 28.1 Å². The average Bonchev–Trinajstić information content (AvgIpc) is 2.94. The van der Waals surface area contributed by atoms with Crippen LogP contribution in [0.5, 0.6) is 5.75 Å². The molecule has 0 radical (unpaired) electrons. The van der Waals surface area contributed by atoms with E-state index in [4.69, 9.17) is 4.74 Å². The van der Waals surface area contributed by atoms with Crippen LogP contribution in [-0.2, 0) is 13.1 Å². The van der Waals surface area contributed by atoms with E-state index in [1.54, 1.807) is 7.11 Å². The molecule has 0 saturated carbocycles. The first-order valence-electron chi connectivity index (χ1n) is 6.80. The van der Waals surface area contributed by atoms with Crippen LogP contribution < -0.4 is 4.74 Å². The molecule has 0 saturated heterocycles. The van der Waals surface area contributed by atoms with Crippen LogP contribution in [0.3, 0.4) is 0 Å². The Hall–Kier alpha value is -2.07. The summed E-state index contributed by atoms with van der Waals surface area (Å²) >= 11 is 0. The molecule has 3 rings (SSSR count). The third kappa shape index (κ3) is 2.34. The van der Waals surface area contributed by atoms with Crippen molar-refractivity contribution in [2.75, 3.05) is 13.7 Å². The SMILES string of the molecule is C=CCN1Cc2nccn2C[C@H]1c1ccc(OC)cc1. The molecule has 1 aliphatic heterocycles. The van der Waals surface area contributed by atoms with Gasteiger partial charge in [-0.2, -0.15) is 0 Å². The van der Waals surface area contributed by atoms with Gasteiger partial charge in [-0.25, -0.2) is 4.98 Å². The average molecular weight is 269 g/mol. The minimum atomic E-state index is 0.348. The van der Waals surface area contributed by atoms with Gasteiger partial charge in [-0.3, -0.25) is 4.90 Å². The molecular weight excluding hydrogens is 250 g/mol. The van der Waals surface area contributed by atoms with E-state index in [2.05, 4.69) is 39.4 Å². The van der Waals surface area contributed by atoms with Crippen molar-refractivity contribution >= 4 is 0 Å². The predicted molar refractivity (Wildman–Crippen MR) is 78.6 cm³/mol. The Labute approximate surface area is 119 Å². The van der Waals surface area contributed by atoms with Gasteiger partial charge < -0.3 is 9.30 Å². The molecule has 0 unspecified atom stereocenters. The minimum absolute atomic E-state index is 0.348. The molecule has 0 N–H and O–H groups in total. The van der Waals surface area contributed by atoms with Crippen molar-refractivity contribution in [2.45, 2.75) is 19.1 Å². The van der Waals surface area contributed by atoms with Crippen LogP contribution in [0.4, 0.5) is 0 Å². The first-order chi connectivity index (χ1) is 9.81. The fraction of sp³-hybridized carbons (Fsp3) is 0.312. The summed E-state index contributed by atoms with van der Waals surface area (Å²) in [7, 11) is 1.69. The molecule has 0 amide bonds. The van der Waals surface area contributed by atoms with Gasteiger partial charge in [0.05, 0.1) is 19.7 Å². The fourth-order valence-corrected chi connectivity index (χ4v) is 2.75. The Balaban J connectivity index is 1.90. The number of imidazole rings is 1. The number of nitrogens with zero attached hydrogens (tertiary/aromatic N) is 3. The summed E-state index contributed by atoms with van der Waals surface area (Å²) in [6, 6.07) is 8.67. The highest BCUT2D eigenvalue weighted by atomic mass is 16.5. The lowest BCUT2D eigenvalue weighted by molar-refractivity contribution is 0.154. The lowest BCUT2D eigenvalue weighted by atomic mass is 10.0. The van der Waals surface area contributed by atoms with Crippen molar-refractivity contribution < 1.29 is 4.74 Å². The maximum atomic E-state index is 5.23. The first-order valence-corrected chi connectivity index (χ1v) is 6.80. The second kappa shape index (κ2) is 5.51. The molecule has 0 fully saturated rings. The van der Waals surface area contributed by atoms with Crippen LogP contribution in [0.2, 0.25) is 0 Å². The molecule has 0 spiro atoms. The standard InChI is InChI=1S/C16H19N3O/c1-3-9-18-12-16-17-8-10-19(16)11-15(18)13-4-6-14(20-2)7-5-13/h3-8,10,15H,1,9,11-12H2,2H3/t15-/m0/s1. The number of hydrogen-bond acceptors (Lipinski definition) is 3. The van der Waals surface area contributed by atoms with Crippen LogP contribution in [0.1, 0.15) is 17.4 Å². The molecule has 0 aliphatic carbocycles. The highest BCUT2D eigenvalue weighted by molar-refractivity contribution is 5.29. The third-order valence-electron chi connectivity index (χ3n) is 3.82. The summed E-state index contributed by atoms with van der Waals surface area (Å²) in [6.07, 6.45) is 5.88. The smallest absolute Gasteiger partial charge is 0.122 e. The van der Waals surface area contributed by atoms with E-state index in [-0.39, 0.29) is 0 Å². The number of methoxy groups -OCH3 is 1. The van der Waals surface area contributed by atoms with Crippen molar-refractivity contribution in [1.82, 2.24) is 14.5 Å². The van der Waals surface area contributed by atoms with E-state index >= 15 is 0 Å². The Morgan fingerprint density at radius 2 is 2.20 bits per heavy atom. The number of fused-ring (bicyclic) bond motifs is 1. The molecule has 104 valence electrons.